The van der Waals surface area contributed by atoms with Gasteiger partial charge in [0.2, 0.25) is 5.91 Å². The summed E-state index contributed by atoms with van der Waals surface area (Å²) in [6.45, 7) is 3.18. The maximum absolute atomic E-state index is 13.2. The van der Waals surface area contributed by atoms with Crippen molar-refractivity contribution in [2.45, 2.75) is 32.1 Å². The van der Waals surface area contributed by atoms with Gasteiger partial charge >= 0.3 is 0 Å². The van der Waals surface area contributed by atoms with Gasteiger partial charge in [0.25, 0.3) is 11.8 Å². The highest BCUT2D eigenvalue weighted by atomic mass is 16.2. The zero-order valence-electron chi connectivity index (χ0n) is 20.0. The summed E-state index contributed by atoms with van der Waals surface area (Å²) < 4.78 is 0. The van der Waals surface area contributed by atoms with Crippen LogP contribution in [-0.2, 0) is 11.2 Å². The van der Waals surface area contributed by atoms with Gasteiger partial charge in [-0.15, -0.1) is 0 Å². The number of carbonyl (C=O) groups excluding carboxylic acids is 3. The van der Waals surface area contributed by atoms with E-state index in [1.165, 1.54) is 18.0 Å². The quantitative estimate of drug-likeness (QED) is 0.543. The van der Waals surface area contributed by atoms with Crippen LogP contribution in [0.1, 0.15) is 61.7 Å². The number of nitrogens with zero attached hydrogens (tertiary/aromatic N) is 3. The topological polar surface area (TPSA) is 115 Å². The van der Waals surface area contributed by atoms with E-state index < -0.39 is 5.91 Å². The third-order valence-corrected chi connectivity index (χ3v) is 6.50. The summed E-state index contributed by atoms with van der Waals surface area (Å²) in [6, 6.07) is 18.3. The molecule has 8 heteroatoms. The van der Waals surface area contributed by atoms with E-state index in [-0.39, 0.29) is 18.2 Å². The molecule has 182 valence electrons. The van der Waals surface area contributed by atoms with Crippen molar-refractivity contribution >= 4 is 17.7 Å². The van der Waals surface area contributed by atoms with E-state index in [1.807, 2.05) is 42.2 Å². The number of hydrazine groups is 1. The summed E-state index contributed by atoms with van der Waals surface area (Å²) in [5.41, 5.74) is 9.20. The van der Waals surface area contributed by atoms with Crippen molar-refractivity contribution in [1.29, 1.82) is 5.26 Å². The van der Waals surface area contributed by atoms with Gasteiger partial charge in [0, 0.05) is 36.6 Å². The van der Waals surface area contributed by atoms with Gasteiger partial charge in [0.05, 0.1) is 18.1 Å². The lowest BCUT2D eigenvalue weighted by molar-refractivity contribution is -0.121. The van der Waals surface area contributed by atoms with E-state index >= 15 is 0 Å². The molecule has 0 atom stereocenters. The molecule has 4 rings (SSSR count). The smallest absolute Gasteiger partial charge is 0.269 e. The zero-order valence-corrected chi connectivity index (χ0v) is 20.0. The third kappa shape index (κ3) is 5.94. The van der Waals surface area contributed by atoms with Crippen LogP contribution in [0.3, 0.4) is 0 Å². The number of nitrogens with one attached hydrogen (secondary N) is 2. The molecule has 0 aliphatic carbocycles. The number of nitriles is 1. The van der Waals surface area contributed by atoms with Crippen LogP contribution in [0.15, 0.2) is 67.0 Å². The Kier molecular flexibility index (Phi) is 7.71. The molecule has 0 saturated carbocycles. The fourth-order valence-electron chi connectivity index (χ4n) is 4.34. The average molecular weight is 482 g/mol. The van der Waals surface area contributed by atoms with Crippen molar-refractivity contribution in [2.24, 2.45) is 0 Å². The molecule has 1 saturated heterocycles. The molecule has 0 bridgehead atoms. The summed E-state index contributed by atoms with van der Waals surface area (Å²) >= 11 is 0. The van der Waals surface area contributed by atoms with Crippen molar-refractivity contribution in [3.8, 4) is 6.07 Å². The number of amides is 3. The van der Waals surface area contributed by atoms with Gasteiger partial charge in [-0.1, -0.05) is 18.2 Å². The van der Waals surface area contributed by atoms with Crippen LogP contribution in [0.4, 0.5) is 0 Å². The van der Waals surface area contributed by atoms with Gasteiger partial charge in [-0.05, 0) is 78.8 Å². The van der Waals surface area contributed by atoms with E-state index in [9.17, 15) is 14.4 Å². The predicted molar refractivity (Wildman–Crippen MR) is 134 cm³/mol. The van der Waals surface area contributed by atoms with Crippen molar-refractivity contribution in [2.75, 3.05) is 13.1 Å². The molecule has 2 N–H and O–H groups in total. The van der Waals surface area contributed by atoms with Crippen LogP contribution in [0.2, 0.25) is 0 Å². The number of hydrogen-bond donors (Lipinski definition) is 2. The number of aryl methyl sites for hydroxylation is 1. The summed E-state index contributed by atoms with van der Waals surface area (Å²) in [4.78, 5) is 43.4. The van der Waals surface area contributed by atoms with Gasteiger partial charge < -0.3 is 4.90 Å². The molecule has 2 heterocycles. The molecule has 0 radical (unpaired) electrons. The van der Waals surface area contributed by atoms with Crippen molar-refractivity contribution < 1.29 is 14.4 Å². The molecule has 1 aromatic heterocycles. The summed E-state index contributed by atoms with van der Waals surface area (Å²) in [5.74, 6) is -0.508. The molecule has 3 amide bonds. The molecule has 8 nitrogen and oxygen atoms in total. The normalized spacial score (nSPS) is 13.5. The van der Waals surface area contributed by atoms with E-state index in [0.29, 0.717) is 35.7 Å². The molecule has 1 aliphatic heterocycles. The van der Waals surface area contributed by atoms with Crippen LogP contribution >= 0.6 is 0 Å². The van der Waals surface area contributed by atoms with E-state index in [0.717, 1.165) is 24.0 Å². The summed E-state index contributed by atoms with van der Waals surface area (Å²) in [6.07, 6.45) is 4.74. The van der Waals surface area contributed by atoms with Crippen LogP contribution < -0.4 is 10.9 Å². The molecule has 3 aromatic rings. The highest BCUT2D eigenvalue weighted by molar-refractivity contribution is 5.96. The number of aromatic nitrogens is 1. The lowest BCUT2D eigenvalue weighted by Gasteiger charge is -2.32. The second-order valence-corrected chi connectivity index (χ2v) is 8.86. The van der Waals surface area contributed by atoms with Gasteiger partial charge in [-0.2, -0.15) is 5.26 Å². The number of carbonyl (C=O) groups is 3. The monoisotopic (exact) mass is 481 g/mol. The molecule has 36 heavy (non-hydrogen) atoms. The first-order valence-electron chi connectivity index (χ1n) is 11.8. The number of rotatable bonds is 5. The Morgan fingerprint density at radius 3 is 2.33 bits per heavy atom. The first-order valence-corrected chi connectivity index (χ1v) is 11.8. The minimum Gasteiger partial charge on any atom is -0.339 e. The highest BCUT2D eigenvalue weighted by Crippen LogP contribution is 2.29. The first kappa shape index (κ1) is 24.6. The zero-order chi connectivity index (χ0) is 25.5. The molecule has 0 unspecified atom stereocenters. The Hall–Kier alpha value is -4.51. The minimum absolute atomic E-state index is 0.0321. The lowest BCUT2D eigenvalue weighted by atomic mass is 9.88. The first-order chi connectivity index (χ1) is 17.4. The molecule has 0 spiro atoms. The number of likely N-dealkylation sites (tertiary alicyclic amines) is 1. The Morgan fingerprint density at radius 1 is 0.972 bits per heavy atom. The number of benzene rings is 2. The second-order valence-electron chi connectivity index (χ2n) is 8.86. The van der Waals surface area contributed by atoms with Crippen LogP contribution in [-0.4, -0.2) is 40.7 Å². The number of hydrogen-bond acceptors (Lipinski definition) is 5. The summed E-state index contributed by atoms with van der Waals surface area (Å²) in [5, 5.41) is 8.98. The maximum Gasteiger partial charge on any atom is 0.269 e. The Balaban J connectivity index is 1.33. The van der Waals surface area contributed by atoms with Gasteiger partial charge in [0.1, 0.15) is 0 Å². The SMILES string of the molecule is Cc1ccc(C(=O)N2CCC(c3ccc(C#N)cc3)CC2)cc1CC(=O)NNC(=O)c1ccncc1. The van der Waals surface area contributed by atoms with Gasteiger partial charge in [-0.3, -0.25) is 30.2 Å². The van der Waals surface area contributed by atoms with Crippen molar-refractivity contribution in [3.63, 3.8) is 0 Å². The molecule has 1 aliphatic rings. The van der Waals surface area contributed by atoms with Gasteiger partial charge in [0.15, 0.2) is 0 Å². The minimum atomic E-state index is -0.434. The second kappa shape index (κ2) is 11.3. The predicted octanol–water partition coefficient (Wildman–Crippen LogP) is 3.29. The standard InChI is InChI=1S/C28H27N5O3/c1-19-2-5-24(16-25(19)17-26(34)31-32-27(35)23-8-12-30-13-9-23)28(36)33-14-10-22(11-15-33)21-6-3-20(18-29)4-7-21/h2-9,12-13,16,22H,10-11,14-15,17H2,1H3,(H,31,34)(H,32,35). The van der Waals surface area contributed by atoms with Gasteiger partial charge in [-0.25, -0.2) is 0 Å². The fourth-order valence-corrected chi connectivity index (χ4v) is 4.34. The molecule has 1 fully saturated rings. The van der Waals surface area contributed by atoms with Crippen LogP contribution in [0.25, 0.3) is 0 Å². The van der Waals surface area contributed by atoms with Crippen LogP contribution in [0.5, 0.6) is 0 Å². The van der Waals surface area contributed by atoms with E-state index in [4.69, 9.17) is 5.26 Å². The Bertz CT molecular complexity index is 1290. The lowest BCUT2D eigenvalue weighted by Crippen LogP contribution is -2.42. The number of piperidine rings is 1. The number of pyridine rings is 1. The molecule has 2 aromatic carbocycles. The highest BCUT2D eigenvalue weighted by Gasteiger charge is 2.25. The van der Waals surface area contributed by atoms with Crippen LogP contribution in [0, 0.1) is 18.3 Å². The van der Waals surface area contributed by atoms with Crippen molar-refractivity contribution in [3.05, 3.63) is 100 Å². The molecular formula is C28H27N5O3. The summed E-state index contributed by atoms with van der Waals surface area (Å²) in [7, 11) is 0. The third-order valence-electron chi connectivity index (χ3n) is 6.50. The maximum atomic E-state index is 13.2. The average Bonchev–Trinajstić information content (AvgIpc) is 2.93. The largest absolute Gasteiger partial charge is 0.339 e. The Morgan fingerprint density at radius 2 is 1.67 bits per heavy atom. The molecular weight excluding hydrogens is 454 g/mol. The van der Waals surface area contributed by atoms with E-state index in [2.05, 4.69) is 21.9 Å². The Labute approximate surface area is 209 Å². The van der Waals surface area contributed by atoms with E-state index in [1.54, 1.807) is 24.3 Å². The fraction of sp³-hybridized carbons (Fsp3) is 0.250. The van der Waals surface area contributed by atoms with Crippen molar-refractivity contribution in [1.82, 2.24) is 20.7 Å².